The zero-order valence-electron chi connectivity index (χ0n) is 11.4. The second kappa shape index (κ2) is 5.17. The van der Waals surface area contributed by atoms with Crippen LogP contribution in [0.4, 0.5) is 5.69 Å². The van der Waals surface area contributed by atoms with Crippen LogP contribution in [0.2, 0.25) is 0 Å². The Morgan fingerprint density at radius 2 is 2.25 bits per heavy atom. The van der Waals surface area contributed by atoms with Crippen molar-refractivity contribution >= 4 is 16.6 Å². The van der Waals surface area contributed by atoms with Crippen LogP contribution in [-0.4, -0.2) is 23.0 Å². The highest BCUT2D eigenvalue weighted by Crippen LogP contribution is 2.36. The Morgan fingerprint density at radius 3 is 2.90 bits per heavy atom. The van der Waals surface area contributed by atoms with Crippen LogP contribution >= 0.6 is 0 Å². The van der Waals surface area contributed by atoms with Crippen molar-refractivity contribution in [2.75, 3.05) is 7.05 Å². The maximum Gasteiger partial charge on any atom is 0.281 e. The van der Waals surface area contributed by atoms with E-state index in [1.54, 1.807) is 18.3 Å². The van der Waals surface area contributed by atoms with Crippen LogP contribution < -0.4 is 5.32 Å². The summed E-state index contributed by atoms with van der Waals surface area (Å²) < 4.78 is 0. The van der Waals surface area contributed by atoms with Crippen LogP contribution in [0.15, 0.2) is 30.5 Å². The number of aromatic nitrogens is 1. The van der Waals surface area contributed by atoms with E-state index in [4.69, 9.17) is 0 Å². The molecule has 104 valence electrons. The fourth-order valence-electron chi connectivity index (χ4n) is 2.80. The van der Waals surface area contributed by atoms with Gasteiger partial charge in [-0.15, -0.1) is 0 Å². The molecule has 1 fully saturated rings. The van der Waals surface area contributed by atoms with Gasteiger partial charge in [-0.1, -0.05) is 0 Å². The highest BCUT2D eigenvalue weighted by Gasteiger charge is 2.32. The van der Waals surface area contributed by atoms with E-state index in [0.717, 1.165) is 5.56 Å². The molecule has 1 unspecified atom stereocenters. The first-order valence-electron chi connectivity index (χ1n) is 6.89. The zero-order valence-corrected chi connectivity index (χ0v) is 11.4. The number of nitro benzene ring substituents is 1. The van der Waals surface area contributed by atoms with Crippen molar-refractivity contribution in [3.63, 3.8) is 0 Å². The molecule has 0 radical (unpaired) electrons. The Kier molecular flexibility index (Phi) is 3.36. The van der Waals surface area contributed by atoms with Crippen LogP contribution in [0.1, 0.15) is 18.4 Å². The summed E-state index contributed by atoms with van der Waals surface area (Å²) in [5.41, 5.74) is 1.67. The van der Waals surface area contributed by atoms with Gasteiger partial charge >= 0.3 is 0 Å². The first-order chi connectivity index (χ1) is 9.70. The van der Waals surface area contributed by atoms with Gasteiger partial charge in [0.05, 0.1) is 15.8 Å². The highest BCUT2D eigenvalue weighted by molar-refractivity contribution is 5.89. The highest BCUT2D eigenvalue weighted by atomic mass is 16.6. The van der Waals surface area contributed by atoms with Gasteiger partial charge in [0.2, 0.25) is 0 Å². The number of benzene rings is 1. The fraction of sp³-hybridized carbons (Fsp3) is 0.400. The van der Waals surface area contributed by atoms with Crippen molar-refractivity contribution in [2.24, 2.45) is 5.92 Å². The molecule has 1 N–H and O–H groups in total. The molecule has 1 aliphatic rings. The third kappa shape index (κ3) is 2.36. The van der Waals surface area contributed by atoms with Gasteiger partial charge in [-0.25, -0.2) is 0 Å². The number of nitro groups is 1. The maximum absolute atomic E-state index is 11.4. The molecular formula is C15H17N3O2. The minimum absolute atomic E-state index is 0.205. The minimum atomic E-state index is -0.279. The summed E-state index contributed by atoms with van der Waals surface area (Å²) in [5, 5.41) is 15.4. The van der Waals surface area contributed by atoms with Crippen LogP contribution in [-0.2, 0) is 6.42 Å². The second-order valence-electron chi connectivity index (χ2n) is 5.34. The molecule has 3 rings (SSSR count). The van der Waals surface area contributed by atoms with E-state index >= 15 is 0 Å². The summed E-state index contributed by atoms with van der Waals surface area (Å²) in [6.07, 6.45) is 4.79. The van der Waals surface area contributed by atoms with E-state index in [1.807, 2.05) is 19.2 Å². The van der Waals surface area contributed by atoms with E-state index in [1.165, 1.54) is 12.8 Å². The molecule has 5 nitrogen and oxygen atoms in total. The first kappa shape index (κ1) is 13.0. The van der Waals surface area contributed by atoms with Crippen molar-refractivity contribution < 1.29 is 4.92 Å². The van der Waals surface area contributed by atoms with Crippen LogP contribution in [0.25, 0.3) is 10.9 Å². The van der Waals surface area contributed by atoms with Crippen molar-refractivity contribution in [2.45, 2.75) is 25.3 Å². The number of hydrogen-bond donors (Lipinski definition) is 1. The quantitative estimate of drug-likeness (QED) is 0.670. The van der Waals surface area contributed by atoms with Gasteiger partial charge in [-0.2, -0.15) is 0 Å². The summed E-state index contributed by atoms with van der Waals surface area (Å²) in [7, 11) is 1.93. The van der Waals surface area contributed by atoms with E-state index in [-0.39, 0.29) is 10.6 Å². The molecule has 0 saturated heterocycles. The molecule has 1 atom stereocenters. The molecule has 2 aromatic rings. The summed E-state index contributed by atoms with van der Waals surface area (Å²) in [4.78, 5) is 15.4. The van der Waals surface area contributed by atoms with Crippen LogP contribution in [0.3, 0.4) is 0 Å². The van der Waals surface area contributed by atoms with Crippen LogP contribution in [0, 0.1) is 16.0 Å². The van der Waals surface area contributed by atoms with Gasteiger partial charge in [-0.05, 0) is 56.5 Å². The largest absolute Gasteiger partial charge is 0.316 e. The van der Waals surface area contributed by atoms with Crippen molar-refractivity contribution in [1.29, 1.82) is 0 Å². The molecule has 1 aromatic heterocycles. The number of nitrogens with one attached hydrogen (secondary N) is 1. The predicted molar refractivity (Wildman–Crippen MR) is 77.7 cm³/mol. The average Bonchev–Trinajstić information content (AvgIpc) is 3.28. The maximum atomic E-state index is 11.4. The summed E-state index contributed by atoms with van der Waals surface area (Å²) >= 11 is 0. The first-order valence-corrected chi connectivity index (χ1v) is 6.89. The van der Waals surface area contributed by atoms with Crippen LogP contribution in [0.5, 0.6) is 0 Å². The molecular weight excluding hydrogens is 254 g/mol. The number of rotatable bonds is 5. The standard InChI is InChI=1S/C15H17N3O2/c1-16-14(10-4-5-10)9-11-6-7-13-12(3-2-8-17-13)15(11)18(19)20/h2-3,6-8,10,14,16H,4-5,9H2,1H3. The smallest absolute Gasteiger partial charge is 0.281 e. The summed E-state index contributed by atoms with van der Waals surface area (Å²) in [5.74, 6) is 0.657. The summed E-state index contributed by atoms with van der Waals surface area (Å²) in [6, 6.07) is 7.56. The van der Waals surface area contributed by atoms with Gasteiger partial charge in [0.25, 0.3) is 5.69 Å². The SMILES string of the molecule is CNC(Cc1ccc2ncccc2c1[N+](=O)[O-])C1CC1. The Morgan fingerprint density at radius 1 is 1.45 bits per heavy atom. The lowest BCUT2D eigenvalue weighted by Crippen LogP contribution is -2.29. The van der Waals surface area contributed by atoms with E-state index < -0.39 is 0 Å². The number of hydrogen-bond acceptors (Lipinski definition) is 4. The molecule has 0 spiro atoms. The second-order valence-corrected chi connectivity index (χ2v) is 5.34. The molecule has 0 amide bonds. The number of nitrogens with zero attached hydrogens (tertiary/aromatic N) is 2. The van der Waals surface area contributed by atoms with Gasteiger partial charge in [0.1, 0.15) is 0 Å². The Bertz CT molecular complexity index is 653. The van der Waals surface area contributed by atoms with Gasteiger partial charge < -0.3 is 5.32 Å². The lowest BCUT2D eigenvalue weighted by molar-refractivity contribution is -0.383. The molecule has 1 saturated carbocycles. The van der Waals surface area contributed by atoms with Gasteiger partial charge in [0.15, 0.2) is 0 Å². The number of pyridine rings is 1. The van der Waals surface area contributed by atoms with Crippen molar-refractivity contribution in [3.05, 3.63) is 46.1 Å². The number of fused-ring (bicyclic) bond motifs is 1. The monoisotopic (exact) mass is 271 g/mol. The molecule has 5 heteroatoms. The van der Waals surface area contributed by atoms with Crippen molar-refractivity contribution in [3.8, 4) is 0 Å². The molecule has 0 aliphatic heterocycles. The molecule has 20 heavy (non-hydrogen) atoms. The van der Waals surface area contributed by atoms with Gasteiger partial charge in [-0.3, -0.25) is 15.1 Å². The lowest BCUT2D eigenvalue weighted by Gasteiger charge is -2.15. The normalized spacial score (nSPS) is 16.2. The van der Waals surface area contributed by atoms with E-state index in [9.17, 15) is 10.1 Å². The molecule has 1 aromatic carbocycles. The fourth-order valence-corrected chi connectivity index (χ4v) is 2.80. The molecule has 0 bridgehead atoms. The molecule has 1 aliphatic carbocycles. The third-order valence-electron chi connectivity index (χ3n) is 4.02. The van der Waals surface area contributed by atoms with E-state index in [0.29, 0.717) is 29.3 Å². The topological polar surface area (TPSA) is 68.1 Å². The Balaban J connectivity index is 2.05. The summed E-state index contributed by atoms with van der Waals surface area (Å²) in [6.45, 7) is 0. The Labute approximate surface area is 117 Å². The van der Waals surface area contributed by atoms with Crippen molar-refractivity contribution in [1.82, 2.24) is 10.3 Å². The Hall–Kier alpha value is -2.01. The zero-order chi connectivity index (χ0) is 14.1. The third-order valence-corrected chi connectivity index (χ3v) is 4.02. The molecule has 1 heterocycles. The average molecular weight is 271 g/mol. The van der Waals surface area contributed by atoms with Gasteiger partial charge in [0, 0.05) is 17.8 Å². The predicted octanol–water partition coefficient (Wildman–Crippen LogP) is 2.68. The van der Waals surface area contributed by atoms with E-state index in [2.05, 4.69) is 10.3 Å². The minimum Gasteiger partial charge on any atom is -0.316 e. The lowest BCUT2D eigenvalue weighted by atomic mass is 9.98. The number of likely N-dealkylation sites (N-methyl/N-ethyl adjacent to an activating group) is 1.